The Morgan fingerprint density at radius 1 is 0.644 bits per heavy atom. The Kier molecular flexibility index (Phi) is 9.72. The highest BCUT2D eigenvalue weighted by Gasteiger charge is 2.23. The number of carboxylic acid groups (broad SMARTS) is 2. The van der Waals surface area contributed by atoms with Crippen LogP contribution in [0.2, 0.25) is 0 Å². The lowest BCUT2D eigenvalue weighted by Gasteiger charge is -2.05. The summed E-state index contributed by atoms with van der Waals surface area (Å²) in [5, 5.41) is 40.5. The molecule has 0 spiro atoms. The smallest absolute Gasteiger partial charge is 0.303 e. The number of aromatic amines is 2. The first-order valence-electron chi connectivity index (χ1n) is 14.7. The van der Waals surface area contributed by atoms with Crippen molar-refractivity contribution < 1.29 is 30.0 Å². The molecule has 0 aromatic carbocycles. The largest absolute Gasteiger partial charge is 0.481 e. The molecule has 6 N–H and O–H groups in total. The molecule has 3 aromatic rings. The molecular formula is C34H39ClN4O6. The first-order valence-corrected chi connectivity index (χ1v) is 14.7. The third-order valence-corrected chi connectivity index (χ3v) is 8.65. The van der Waals surface area contributed by atoms with Gasteiger partial charge in [0.1, 0.15) is 0 Å². The third kappa shape index (κ3) is 6.45. The fourth-order valence-electron chi connectivity index (χ4n) is 6.32. The number of nitrogens with one attached hydrogen (secondary N) is 2. The number of carboxylic acids is 2. The van der Waals surface area contributed by atoms with E-state index in [-0.39, 0.29) is 38.1 Å². The molecule has 5 rings (SSSR count). The van der Waals surface area contributed by atoms with Gasteiger partial charge in [0.25, 0.3) is 0 Å². The van der Waals surface area contributed by atoms with Crippen LogP contribution in [0.25, 0.3) is 44.4 Å². The number of allylic oxidation sites excluding steroid dienone is 4. The number of H-pyrrole nitrogens is 2. The van der Waals surface area contributed by atoms with Gasteiger partial charge in [-0.05, 0) is 112 Å². The second-order valence-corrected chi connectivity index (χ2v) is 11.7. The molecule has 3 aromatic heterocycles. The van der Waals surface area contributed by atoms with Crippen molar-refractivity contribution >= 4 is 68.7 Å². The van der Waals surface area contributed by atoms with Gasteiger partial charge in [-0.1, -0.05) is 0 Å². The van der Waals surface area contributed by atoms with E-state index in [1.54, 1.807) is 13.8 Å². The maximum Gasteiger partial charge on any atom is 0.303 e. The Balaban J connectivity index is 0.00000461. The molecule has 0 radical (unpaired) electrons. The highest BCUT2D eigenvalue weighted by molar-refractivity contribution is 5.96. The number of hydrogen-bond acceptors (Lipinski definition) is 6. The molecule has 2 unspecified atom stereocenters. The lowest BCUT2D eigenvalue weighted by atomic mass is 9.98. The van der Waals surface area contributed by atoms with E-state index in [9.17, 15) is 30.0 Å². The number of halogens is 1. The van der Waals surface area contributed by atoms with Gasteiger partial charge in [-0.25, -0.2) is 9.97 Å². The number of aryl methyl sites for hydroxylation is 2. The van der Waals surface area contributed by atoms with Gasteiger partial charge in [-0.2, -0.15) is 0 Å². The predicted octanol–water partition coefficient (Wildman–Crippen LogP) is 7.05. The number of nitrogens with zero attached hydrogens (tertiary/aromatic N) is 2. The molecule has 2 aliphatic rings. The number of aliphatic hydroxyl groups excluding tert-OH is 2. The van der Waals surface area contributed by atoms with Crippen LogP contribution in [0.15, 0.2) is 24.3 Å². The molecule has 11 heteroatoms. The Morgan fingerprint density at radius 2 is 1.02 bits per heavy atom. The van der Waals surface area contributed by atoms with E-state index in [0.29, 0.717) is 39.4 Å². The van der Waals surface area contributed by atoms with E-state index in [1.807, 2.05) is 52.0 Å². The second-order valence-electron chi connectivity index (χ2n) is 11.7. The summed E-state index contributed by atoms with van der Waals surface area (Å²) in [6, 6.07) is 7.51. The maximum atomic E-state index is 11.6. The van der Waals surface area contributed by atoms with E-state index in [0.717, 1.165) is 50.0 Å². The van der Waals surface area contributed by atoms with Crippen molar-refractivity contribution in [2.24, 2.45) is 0 Å². The van der Waals surface area contributed by atoms with Crippen LogP contribution < -0.4 is 0 Å². The first kappa shape index (κ1) is 33.6. The zero-order chi connectivity index (χ0) is 32.0. The molecule has 2 atom stereocenters. The zero-order valence-corrected chi connectivity index (χ0v) is 27.0. The molecule has 0 amide bonds. The number of fused-ring (bicyclic) bond motifs is 8. The lowest BCUT2D eigenvalue weighted by molar-refractivity contribution is -0.137. The van der Waals surface area contributed by atoms with Crippen LogP contribution in [0.4, 0.5) is 0 Å². The van der Waals surface area contributed by atoms with Gasteiger partial charge >= 0.3 is 11.9 Å². The van der Waals surface area contributed by atoms with Crippen LogP contribution >= 0.6 is 12.4 Å². The first-order chi connectivity index (χ1) is 20.8. The summed E-state index contributed by atoms with van der Waals surface area (Å²) in [5.74, 6) is -1.84. The number of aliphatic carboxylic acids is 2. The number of rotatable bonds is 8. The van der Waals surface area contributed by atoms with Crippen LogP contribution in [0.5, 0.6) is 0 Å². The van der Waals surface area contributed by atoms with Crippen molar-refractivity contribution in [2.75, 3.05) is 0 Å². The van der Waals surface area contributed by atoms with Crippen LogP contribution in [0, 0.1) is 13.8 Å². The van der Waals surface area contributed by atoms with Gasteiger partial charge in [0.15, 0.2) is 0 Å². The molecule has 10 nitrogen and oxygen atoms in total. The van der Waals surface area contributed by atoms with Gasteiger partial charge in [0.05, 0.1) is 35.0 Å². The third-order valence-electron chi connectivity index (χ3n) is 8.65. The topological polar surface area (TPSA) is 172 Å². The molecule has 238 valence electrons. The minimum Gasteiger partial charge on any atom is -0.481 e. The van der Waals surface area contributed by atoms with E-state index >= 15 is 0 Å². The van der Waals surface area contributed by atoms with Gasteiger partial charge in [-0.3, -0.25) is 9.59 Å². The molecule has 8 bridgehead atoms. The zero-order valence-electron chi connectivity index (χ0n) is 26.2. The number of aromatic nitrogens is 4. The van der Waals surface area contributed by atoms with Crippen molar-refractivity contribution in [3.05, 3.63) is 69.3 Å². The van der Waals surface area contributed by atoms with Gasteiger partial charge in [0.2, 0.25) is 0 Å². The SMILES string of the molecule is CC1=C(CCC(=O)O)c2cc3nc(cc4[nH]c(cc5[nH]c(cc1n2)c(C)c5C(C)O)c(C)c4C(C)O)C(C)=C3CCC(=O)O.Cl. The van der Waals surface area contributed by atoms with Crippen molar-refractivity contribution in [2.45, 2.75) is 79.4 Å². The van der Waals surface area contributed by atoms with Crippen molar-refractivity contribution in [1.82, 2.24) is 19.9 Å². The molecule has 0 saturated carbocycles. The summed E-state index contributed by atoms with van der Waals surface area (Å²) in [6.45, 7) is 11.1. The van der Waals surface area contributed by atoms with Gasteiger partial charge in [0, 0.05) is 46.0 Å². The molecule has 45 heavy (non-hydrogen) atoms. The van der Waals surface area contributed by atoms with E-state index in [1.165, 1.54) is 0 Å². The van der Waals surface area contributed by atoms with E-state index in [2.05, 4.69) is 9.97 Å². The highest BCUT2D eigenvalue weighted by atomic mass is 35.5. The maximum absolute atomic E-state index is 11.6. The highest BCUT2D eigenvalue weighted by Crippen LogP contribution is 2.38. The number of carbonyl (C=O) groups is 2. The minimum absolute atomic E-state index is 0. The molecular weight excluding hydrogens is 596 g/mol. The Labute approximate surface area is 267 Å². The Hall–Kier alpha value is -4.25. The standard InChI is InChI=1S/C34H38N4O6.ClH/c1-15-21(7-9-31(41)42)27-14-28-22(8-10-32(43)44)16(2)24(36-28)12-29-34(20(6)40)18(4)26(38-29)13-30-33(19(5)39)17(3)25(37-30)11-23(15)35-27;/h11-14,19-20,37-40H,7-10H2,1-6H3,(H,41,42)(H,43,44);1H. The fourth-order valence-corrected chi connectivity index (χ4v) is 6.32. The minimum atomic E-state index is -0.921. The Morgan fingerprint density at radius 3 is 1.42 bits per heavy atom. The summed E-state index contributed by atoms with van der Waals surface area (Å²) in [7, 11) is 0. The molecule has 0 aliphatic carbocycles. The summed E-state index contributed by atoms with van der Waals surface area (Å²) in [5.41, 5.74) is 11.7. The predicted molar refractivity (Wildman–Crippen MR) is 178 cm³/mol. The molecule has 5 heterocycles. The number of hydrogen-bond donors (Lipinski definition) is 6. The van der Waals surface area contributed by atoms with Gasteiger partial charge < -0.3 is 30.4 Å². The van der Waals surface area contributed by atoms with Gasteiger partial charge in [-0.15, -0.1) is 12.4 Å². The van der Waals surface area contributed by atoms with Crippen LogP contribution in [0.1, 0.15) is 111 Å². The lowest BCUT2D eigenvalue weighted by Crippen LogP contribution is -1.97. The summed E-state index contributed by atoms with van der Waals surface area (Å²) >= 11 is 0. The summed E-state index contributed by atoms with van der Waals surface area (Å²) in [4.78, 5) is 39.8. The average molecular weight is 635 g/mol. The number of aliphatic hydroxyl groups is 2. The monoisotopic (exact) mass is 634 g/mol. The Bertz CT molecular complexity index is 1930. The normalized spacial score (nSPS) is 14.4. The fraction of sp³-hybridized carbons (Fsp3) is 0.353. The van der Waals surface area contributed by atoms with Crippen LogP contribution in [-0.2, 0) is 9.59 Å². The van der Waals surface area contributed by atoms with Crippen LogP contribution in [0.3, 0.4) is 0 Å². The van der Waals surface area contributed by atoms with Crippen molar-refractivity contribution in [3.8, 4) is 0 Å². The van der Waals surface area contributed by atoms with E-state index < -0.39 is 24.1 Å². The molecule has 0 fully saturated rings. The van der Waals surface area contributed by atoms with Crippen LogP contribution in [-0.4, -0.2) is 52.3 Å². The second kappa shape index (κ2) is 13.0. The summed E-state index contributed by atoms with van der Waals surface area (Å²) in [6.07, 6.45) is -1.18. The summed E-state index contributed by atoms with van der Waals surface area (Å²) < 4.78 is 0. The van der Waals surface area contributed by atoms with E-state index in [4.69, 9.17) is 9.97 Å². The molecule has 2 aliphatic heterocycles. The van der Waals surface area contributed by atoms with Crippen molar-refractivity contribution in [3.63, 3.8) is 0 Å². The van der Waals surface area contributed by atoms with Crippen molar-refractivity contribution in [1.29, 1.82) is 0 Å². The average Bonchev–Trinajstić information content (AvgIpc) is 3.59. The quantitative estimate of drug-likeness (QED) is 0.153. The molecule has 0 saturated heterocycles.